The molecule has 1 aliphatic heterocycles. The normalized spacial score (nSPS) is 16.7. The highest BCUT2D eigenvalue weighted by molar-refractivity contribution is 7.88. The number of halogens is 2. The molecule has 2 N–H and O–H groups in total. The topological polar surface area (TPSA) is 86.9 Å². The van der Waals surface area contributed by atoms with Crippen LogP contribution in [0.4, 0.5) is 5.69 Å². The maximum absolute atomic E-state index is 13.2. The number of likely N-dealkylation sites (tertiary alicyclic amines) is 1. The van der Waals surface area contributed by atoms with Gasteiger partial charge in [0.2, 0.25) is 15.9 Å². The number of likely N-dealkylation sites (N-methyl/N-ethyl adjacent to an activating group) is 2. The van der Waals surface area contributed by atoms with Crippen LogP contribution in [0, 0.1) is 0 Å². The molecule has 2 aromatic rings. The zero-order valence-electron chi connectivity index (χ0n) is 19.1. The van der Waals surface area contributed by atoms with Crippen molar-refractivity contribution in [3.63, 3.8) is 0 Å². The first-order chi connectivity index (χ1) is 15.4. The number of nitrogens with zero attached hydrogens (tertiary/aromatic N) is 3. The summed E-state index contributed by atoms with van der Waals surface area (Å²) >= 11 is 12.1. The molecular formula is C23H30Cl2N4O3S. The van der Waals surface area contributed by atoms with Crippen molar-refractivity contribution in [2.75, 3.05) is 45.7 Å². The van der Waals surface area contributed by atoms with Crippen molar-refractivity contribution >= 4 is 44.8 Å². The van der Waals surface area contributed by atoms with Crippen molar-refractivity contribution in [3.05, 3.63) is 63.6 Å². The molecule has 1 saturated heterocycles. The summed E-state index contributed by atoms with van der Waals surface area (Å²) in [5, 5.41) is 0.804. The molecule has 0 aliphatic carbocycles. The van der Waals surface area contributed by atoms with E-state index >= 15 is 0 Å². The maximum atomic E-state index is 13.2. The molecule has 7 nitrogen and oxygen atoms in total. The third-order valence-electron chi connectivity index (χ3n) is 6.22. The SMILES string of the molecule is CN(CC(c1cccc(N)c1)(N1CCCC1)N(C)S(C)(=O)=O)C(=O)Cc1ccc(Cl)c(Cl)c1. The summed E-state index contributed by atoms with van der Waals surface area (Å²) < 4.78 is 27.0. The monoisotopic (exact) mass is 512 g/mol. The highest BCUT2D eigenvalue weighted by atomic mass is 35.5. The van der Waals surface area contributed by atoms with Gasteiger partial charge in [-0.05, 0) is 48.2 Å². The lowest BCUT2D eigenvalue weighted by Gasteiger charge is -2.49. The second-order valence-corrected chi connectivity index (χ2v) is 11.4. The second kappa shape index (κ2) is 10.2. The van der Waals surface area contributed by atoms with E-state index in [4.69, 9.17) is 28.9 Å². The summed E-state index contributed by atoms with van der Waals surface area (Å²) in [6, 6.07) is 12.3. The molecule has 2 aromatic carbocycles. The molecule has 1 heterocycles. The first kappa shape index (κ1) is 25.8. The smallest absolute Gasteiger partial charge is 0.226 e. The fraction of sp³-hybridized carbons (Fsp3) is 0.435. The molecule has 0 radical (unpaired) electrons. The molecule has 180 valence electrons. The Kier molecular flexibility index (Phi) is 7.96. The highest BCUT2D eigenvalue weighted by Crippen LogP contribution is 2.38. The van der Waals surface area contributed by atoms with E-state index in [0.717, 1.165) is 24.0 Å². The first-order valence-corrected chi connectivity index (χ1v) is 13.3. The van der Waals surface area contributed by atoms with Crippen LogP contribution in [0.3, 0.4) is 0 Å². The molecule has 1 atom stereocenters. The number of carbonyl (C=O) groups excluding carboxylic acids is 1. The van der Waals surface area contributed by atoms with Crippen molar-refractivity contribution in [1.29, 1.82) is 0 Å². The van der Waals surface area contributed by atoms with Crippen LogP contribution in [0.5, 0.6) is 0 Å². The zero-order valence-corrected chi connectivity index (χ0v) is 21.4. The van der Waals surface area contributed by atoms with Crippen LogP contribution < -0.4 is 5.73 Å². The van der Waals surface area contributed by atoms with E-state index in [2.05, 4.69) is 4.90 Å². The van der Waals surface area contributed by atoms with Gasteiger partial charge < -0.3 is 10.6 Å². The fourth-order valence-electron chi connectivity index (χ4n) is 4.38. The van der Waals surface area contributed by atoms with Gasteiger partial charge >= 0.3 is 0 Å². The average Bonchev–Trinajstić information content (AvgIpc) is 3.28. The second-order valence-electron chi connectivity index (χ2n) is 8.54. The Morgan fingerprint density at radius 2 is 1.76 bits per heavy atom. The molecule has 1 fully saturated rings. The molecule has 1 amide bonds. The van der Waals surface area contributed by atoms with E-state index in [1.165, 1.54) is 10.6 Å². The summed E-state index contributed by atoms with van der Waals surface area (Å²) in [4.78, 5) is 16.9. The largest absolute Gasteiger partial charge is 0.399 e. The summed E-state index contributed by atoms with van der Waals surface area (Å²) in [7, 11) is -0.367. The predicted octanol–water partition coefficient (Wildman–Crippen LogP) is 3.42. The lowest BCUT2D eigenvalue weighted by molar-refractivity contribution is -0.133. The molecule has 0 bridgehead atoms. The van der Waals surface area contributed by atoms with E-state index in [0.29, 0.717) is 28.8 Å². The van der Waals surface area contributed by atoms with E-state index in [1.54, 1.807) is 49.3 Å². The summed E-state index contributed by atoms with van der Waals surface area (Å²) in [5.41, 5.74) is 6.98. The molecule has 0 spiro atoms. The number of benzene rings is 2. The Hall–Kier alpha value is -1.84. The van der Waals surface area contributed by atoms with Crippen molar-refractivity contribution in [1.82, 2.24) is 14.1 Å². The van der Waals surface area contributed by atoms with Gasteiger partial charge in [-0.1, -0.05) is 41.4 Å². The minimum atomic E-state index is -3.62. The molecule has 33 heavy (non-hydrogen) atoms. The number of hydrogen-bond donors (Lipinski definition) is 1. The van der Waals surface area contributed by atoms with E-state index < -0.39 is 15.7 Å². The molecule has 10 heteroatoms. The quantitative estimate of drug-likeness (QED) is 0.547. The Balaban J connectivity index is 2.02. The van der Waals surface area contributed by atoms with Gasteiger partial charge in [-0.3, -0.25) is 9.69 Å². The number of nitrogens with two attached hydrogens (primary N) is 1. The van der Waals surface area contributed by atoms with Gasteiger partial charge in [-0.25, -0.2) is 8.42 Å². The van der Waals surface area contributed by atoms with Crippen molar-refractivity contribution in [3.8, 4) is 0 Å². The van der Waals surface area contributed by atoms with Gasteiger partial charge in [0.1, 0.15) is 5.66 Å². The van der Waals surface area contributed by atoms with Gasteiger partial charge in [-0.15, -0.1) is 0 Å². The first-order valence-electron chi connectivity index (χ1n) is 10.7. The summed E-state index contributed by atoms with van der Waals surface area (Å²) in [5.74, 6) is -0.164. The van der Waals surface area contributed by atoms with Crippen LogP contribution in [-0.4, -0.2) is 68.4 Å². The van der Waals surface area contributed by atoms with E-state index in [9.17, 15) is 13.2 Å². The molecule has 0 saturated carbocycles. The Morgan fingerprint density at radius 1 is 1.09 bits per heavy atom. The van der Waals surface area contributed by atoms with Crippen LogP contribution in [0.25, 0.3) is 0 Å². The van der Waals surface area contributed by atoms with Gasteiger partial charge in [0.25, 0.3) is 0 Å². The number of carbonyl (C=O) groups is 1. The molecule has 0 aromatic heterocycles. The average molecular weight is 513 g/mol. The number of anilines is 1. The Morgan fingerprint density at radius 3 is 2.33 bits per heavy atom. The zero-order chi connectivity index (χ0) is 24.4. The molecular weight excluding hydrogens is 483 g/mol. The number of rotatable bonds is 8. The van der Waals surface area contributed by atoms with Gasteiger partial charge in [0.05, 0.1) is 29.3 Å². The van der Waals surface area contributed by atoms with Gasteiger partial charge in [0, 0.05) is 32.9 Å². The Bertz CT molecular complexity index is 1120. The third kappa shape index (κ3) is 5.63. The van der Waals surface area contributed by atoms with Crippen LogP contribution >= 0.6 is 23.2 Å². The van der Waals surface area contributed by atoms with Crippen molar-refractivity contribution in [2.45, 2.75) is 24.9 Å². The highest BCUT2D eigenvalue weighted by Gasteiger charge is 2.48. The summed E-state index contributed by atoms with van der Waals surface area (Å²) in [6.45, 7) is 1.56. The van der Waals surface area contributed by atoms with Gasteiger partial charge in [0.15, 0.2) is 0 Å². The Labute approximate surface area is 206 Å². The number of nitrogen functional groups attached to an aromatic ring is 1. The minimum Gasteiger partial charge on any atom is -0.399 e. The number of sulfonamides is 1. The molecule has 3 rings (SSSR count). The number of hydrogen-bond acceptors (Lipinski definition) is 5. The molecule has 1 unspecified atom stereocenters. The van der Waals surface area contributed by atoms with Crippen molar-refractivity contribution in [2.24, 2.45) is 0 Å². The standard InChI is InChI=1S/C23H30Cl2N4O3S/c1-27(22(30)14-17-9-10-20(24)21(25)13-17)16-23(28(2)33(3,31)32,29-11-4-5-12-29)18-7-6-8-19(26)15-18/h6-10,13,15H,4-5,11-12,14,16,26H2,1-3H3. The van der Waals surface area contributed by atoms with Crippen LogP contribution in [0.1, 0.15) is 24.0 Å². The van der Waals surface area contributed by atoms with Crippen molar-refractivity contribution < 1.29 is 13.2 Å². The summed E-state index contributed by atoms with van der Waals surface area (Å²) in [6.07, 6.45) is 3.19. The third-order valence-corrected chi connectivity index (χ3v) is 8.26. The van der Waals surface area contributed by atoms with Crippen LogP contribution in [-0.2, 0) is 26.9 Å². The lowest BCUT2D eigenvalue weighted by atomic mass is 9.95. The number of amides is 1. The van der Waals surface area contributed by atoms with E-state index in [1.807, 2.05) is 12.1 Å². The van der Waals surface area contributed by atoms with E-state index in [-0.39, 0.29) is 18.9 Å². The minimum absolute atomic E-state index is 0.114. The fourth-order valence-corrected chi connectivity index (χ4v) is 5.53. The van der Waals surface area contributed by atoms with Crippen LogP contribution in [0.2, 0.25) is 10.0 Å². The lowest BCUT2D eigenvalue weighted by Crippen LogP contribution is -2.63. The van der Waals surface area contributed by atoms with Gasteiger partial charge in [-0.2, -0.15) is 4.31 Å². The maximum Gasteiger partial charge on any atom is 0.226 e. The molecule has 1 aliphatic rings. The predicted molar refractivity (Wildman–Crippen MR) is 134 cm³/mol. The van der Waals surface area contributed by atoms with Crippen LogP contribution in [0.15, 0.2) is 42.5 Å².